The predicted molar refractivity (Wildman–Crippen MR) is 142 cm³/mol. The lowest BCUT2D eigenvalue weighted by atomic mass is 10.0. The smallest absolute Gasteiger partial charge is 0.244 e. The molecule has 2 aromatic carbocycles. The molecule has 192 valence electrons. The lowest BCUT2D eigenvalue weighted by molar-refractivity contribution is -0.140. The summed E-state index contributed by atoms with van der Waals surface area (Å²) in [6, 6.07) is 11.2. The molecule has 1 atom stereocenters. The van der Waals surface area contributed by atoms with Crippen LogP contribution < -0.4 is 9.62 Å². The van der Waals surface area contributed by atoms with Gasteiger partial charge in [-0.3, -0.25) is 13.9 Å². The Kier molecular flexibility index (Phi) is 10.4. The SMILES string of the molecule is CCNC(=O)[C@@H](CC)N(Cc1ccc(Cl)cc1Cl)C(=O)CN(c1ccccc1C(C)C)S(C)(=O)=O. The van der Waals surface area contributed by atoms with Gasteiger partial charge in [0, 0.05) is 23.1 Å². The van der Waals surface area contributed by atoms with Crippen molar-refractivity contribution in [2.24, 2.45) is 0 Å². The minimum Gasteiger partial charge on any atom is -0.355 e. The molecule has 0 radical (unpaired) electrons. The number of hydrogen-bond donors (Lipinski definition) is 1. The Morgan fingerprint density at radius 3 is 2.26 bits per heavy atom. The van der Waals surface area contributed by atoms with Gasteiger partial charge >= 0.3 is 0 Å². The molecule has 0 aliphatic carbocycles. The molecule has 10 heteroatoms. The Morgan fingerprint density at radius 1 is 1.06 bits per heavy atom. The number of rotatable bonds is 11. The number of carbonyl (C=O) groups excluding carboxylic acids is 2. The van der Waals surface area contributed by atoms with Gasteiger partial charge in [-0.1, -0.05) is 68.2 Å². The van der Waals surface area contributed by atoms with Crippen molar-refractivity contribution in [2.75, 3.05) is 23.7 Å². The van der Waals surface area contributed by atoms with Gasteiger partial charge in [-0.2, -0.15) is 0 Å². The van der Waals surface area contributed by atoms with E-state index in [4.69, 9.17) is 23.2 Å². The largest absolute Gasteiger partial charge is 0.355 e. The highest BCUT2D eigenvalue weighted by atomic mass is 35.5. The Bertz CT molecular complexity index is 1160. The minimum absolute atomic E-state index is 0.0217. The zero-order valence-corrected chi connectivity index (χ0v) is 23.0. The van der Waals surface area contributed by atoms with E-state index in [1.54, 1.807) is 44.2 Å². The number of nitrogens with one attached hydrogen (secondary N) is 1. The third-order valence-corrected chi connectivity index (χ3v) is 7.31. The van der Waals surface area contributed by atoms with Gasteiger partial charge in [-0.25, -0.2) is 8.42 Å². The standard InChI is InChI=1S/C25H33Cl2N3O4S/c1-6-22(25(32)28-7-2)29(15-18-12-13-19(26)14-21(18)27)24(31)16-30(35(5,33)34)23-11-9-8-10-20(23)17(3)4/h8-14,17,22H,6-7,15-16H2,1-5H3,(H,28,32)/t22-/m1/s1. The normalized spacial score (nSPS) is 12.3. The van der Waals surface area contributed by atoms with Crippen molar-refractivity contribution in [3.05, 3.63) is 63.6 Å². The fourth-order valence-electron chi connectivity index (χ4n) is 3.84. The van der Waals surface area contributed by atoms with E-state index in [0.717, 1.165) is 16.1 Å². The summed E-state index contributed by atoms with van der Waals surface area (Å²) in [5.74, 6) is -0.798. The van der Waals surface area contributed by atoms with Crippen LogP contribution >= 0.6 is 23.2 Å². The molecule has 2 aromatic rings. The van der Waals surface area contributed by atoms with E-state index in [9.17, 15) is 18.0 Å². The first kappa shape index (κ1) is 28.9. The van der Waals surface area contributed by atoms with Crippen LogP contribution in [-0.2, 0) is 26.2 Å². The van der Waals surface area contributed by atoms with Gasteiger partial charge in [-0.05, 0) is 48.6 Å². The Morgan fingerprint density at radius 2 is 1.71 bits per heavy atom. The number of hydrogen-bond acceptors (Lipinski definition) is 4. The Balaban J connectivity index is 2.53. The lowest BCUT2D eigenvalue weighted by Crippen LogP contribution is -2.52. The van der Waals surface area contributed by atoms with Crippen molar-refractivity contribution in [1.82, 2.24) is 10.2 Å². The van der Waals surface area contributed by atoms with Crippen molar-refractivity contribution < 1.29 is 18.0 Å². The Labute approximate surface area is 218 Å². The molecular weight excluding hydrogens is 509 g/mol. The number of likely N-dealkylation sites (N-methyl/N-ethyl adjacent to an activating group) is 1. The number of amides is 2. The molecule has 2 amide bonds. The van der Waals surface area contributed by atoms with Crippen molar-refractivity contribution in [2.45, 2.75) is 52.6 Å². The zero-order valence-electron chi connectivity index (χ0n) is 20.7. The van der Waals surface area contributed by atoms with Crippen molar-refractivity contribution in [3.63, 3.8) is 0 Å². The summed E-state index contributed by atoms with van der Waals surface area (Å²) in [5, 5.41) is 3.56. The molecule has 0 fully saturated rings. The van der Waals surface area contributed by atoms with E-state index in [-0.39, 0.29) is 18.4 Å². The van der Waals surface area contributed by atoms with Gasteiger partial charge in [0.25, 0.3) is 0 Å². The molecule has 1 N–H and O–H groups in total. The molecule has 0 saturated heterocycles. The fourth-order valence-corrected chi connectivity index (χ4v) is 5.18. The highest BCUT2D eigenvalue weighted by molar-refractivity contribution is 7.92. The molecule has 0 saturated carbocycles. The monoisotopic (exact) mass is 541 g/mol. The van der Waals surface area contributed by atoms with Crippen LogP contribution in [0.1, 0.15) is 51.2 Å². The number of carbonyl (C=O) groups is 2. The summed E-state index contributed by atoms with van der Waals surface area (Å²) in [4.78, 5) is 28.0. The second-order valence-electron chi connectivity index (χ2n) is 8.56. The third kappa shape index (κ3) is 7.59. The molecule has 0 aliphatic heterocycles. The number of nitrogens with zero attached hydrogens (tertiary/aromatic N) is 2. The van der Waals surface area contributed by atoms with Crippen LogP contribution in [-0.4, -0.2) is 50.5 Å². The first-order chi connectivity index (χ1) is 16.4. The number of para-hydroxylation sites is 1. The molecule has 0 aromatic heterocycles. The number of sulfonamides is 1. The van der Waals surface area contributed by atoms with Crippen LogP contribution in [0, 0.1) is 0 Å². The molecule has 35 heavy (non-hydrogen) atoms. The van der Waals surface area contributed by atoms with Gasteiger partial charge in [0.1, 0.15) is 12.6 Å². The van der Waals surface area contributed by atoms with E-state index >= 15 is 0 Å². The predicted octanol–water partition coefficient (Wildman–Crippen LogP) is 4.83. The maximum absolute atomic E-state index is 13.7. The van der Waals surface area contributed by atoms with Gasteiger partial charge in [-0.15, -0.1) is 0 Å². The first-order valence-electron chi connectivity index (χ1n) is 11.5. The molecule has 0 heterocycles. The second kappa shape index (κ2) is 12.6. The molecule has 0 aliphatic rings. The van der Waals surface area contributed by atoms with Crippen LogP contribution in [0.15, 0.2) is 42.5 Å². The van der Waals surface area contributed by atoms with Gasteiger partial charge < -0.3 is 10.2 Å². The van der Waals surface area contributed by atoms with Crippen molar-refractivity contribution in [1.29, 1.82) is 0 Å². The van der Waals surface area contributed by atoms with Crippen molar-refractivity contribution in [3.8, 4) is 0 Å². The molecule has 7 nitrogen and oxygen atoms in total. The average Bonchev–Trinajstić information content (AvgIpc) is 2.78. The number of benzene rings is 2. The highest BCUT2D eigenvalue weighted by Crippen LogP contribution is 2.30. The van der Waals surface area contributed by atoms with Crippen LogP contribution in [0.3, 0.4) is 0 Å². The maximum atomic E-state index is 13.7. The molecule has 0 spiro atoms. The quantitative estimate of drug-likeness (QED) is 0.441. The summed E-state index contributed by atoms with van der Waals surface area (Å²) in [7, 11) is -3.81. The summed E-state index contributed by atoms with van der Waals surface area (Å²) >= 11 is 12.4. The summed E-state index contributed by atoms with van der Waals surface area (Å²) in [6.45, 7) is 7.47. The molecule has 0 bridgehead atoms. The summed E-state index contributed by atoms with van der Waals surface area (Å²) in [6.07, 6.45) is 1.41. The van der Waals surface area contributed by atoms with Gasteiger partial charge in [0.15, 0.2) is 0 Å². The van der Waals surface area contributed by atoms with Crippen molar-refractivity contribution >= 4 is 50.7 Å². The zero-order chi connectivity index (χ0) is 26.3. The maximum Gasteiger partial charge on any atom is 0.244 e. The molecular formula is C25H33Cl2N3O4S. The Hall–Kier alpha value is -2.29. The van der Waals surface area contributed by atoms with Crippen LogP contribution in [0.2, 0.25) is 10.0 Å². The second-order valence-corrected chi connectivity index (χ2v) is 11.3. The fraction of sp³-hybridized carbons (Fsp3) is 0.440. The summed E-state index contributed by atoms with van der Waals surface area (Å²) < 4.78 is 26.8. The summed E-state index contributed by atoms with van der Waals surface area (Å²) in [5.41, 5.74) is 1.84. The third-order valence-electron chi connectivity index (χ3n) is 5.60. The molecule has 2 rings (SSSR count). The number of halogens is 2. The lowest BCUT2D eigenvalue weighted by Gasteiger charge is -2.33. The van der Waals surface area contributed by atoms with E-state index in [1.807, 2.05) is 26.0 Å². The van der Waals surface area contributed by atoms with Crippen LogP contribution in [0.4, 0.5) is 5.69 Å². The van der Waals surface area contributed by atoms with Gasteiger partial charge in [0.05, 0.1) is 11.9 Å². The van der Waals surface area contributed by atoms with E-state index in [2.05, 4.69) is 5.32 Å². The molecule has 0 unspecified atom stereocenters. The highest BCUT2D eigenvalue weighted by Gasteiger charge is 2.32. The number of anilines is 1. The van der Waals surface area contributed by atoms with E-state index < -0.39 is 28.5 Å². The van der Waals surface area contributed by atoms with Crippen LogP contribution in [0.25, 0.3) is 0 Å². The minimum atomic E-state index is -3.81. The van der Waals surface area contributed by atoms with E-state index in [1.165, 1.54) is 4.90 Å². The van der Waals surface area contributed by atoms with Gasteiger partial charge in [0.2, 0.25) is 21.8 Å². The topological polar surface area (TPSA) is 86.8 Å². The van der Waals surface area contributed by atoms with E-state index in [0.29, 0.717) is 34.3 Å². The first-order valence-corrected chi connectivity index (χ1v) is 14.1. The average molecular weight is 543 g/mol. The van der Waals surface area contributed by atoms with Crippen LogP contribution in [0.5, 0.6) is 0 Å².